The molecule has 8 nitrogen and oxygen atoms in total. The van der Waals surface area contributed by atoms with Crippen molar-refractivity contribution in [3.05, 3.63) is 28.8 Å². The minimum atomic E-state index is -0.573. The van der Waals surface area contributed by atoms with E-state index in [0.717, 1.165) is 5.57 Å². The van der Waals surface area contributed by atoms with Crippen LogP contribution in [-0.4, -0.2) is 54.3 Å². The Balaban J connectivity index is 3.65. The average Bonchev–Trinajstić information content (AvgIpc) is 2.67. The molecule has 0 aliphatic rings. The Morgan fingerprint density at radius 2 is 1.50 bits per heavy atom. The van der Waals surface area contributed by atoms with Crippen LogP contribution >= 0.6 is 0 Å². The Kier molecular flexibility index (Phi) is 11.0. The molecule has 0 atom stereocenters. The van der Waals surface area contributed by atoms with Gasteiger partial charge in [0.15, 0.2) is 20.4 Å². The summed E-state index contributed by atoms with van der Waals surface area (Å²) in [6.45, 7) is 5.79. The quantitative estimate of drug-likeness (QED) is 0.284. The zero-order valence-electron chi connectivity index (χ0n) is 17.5. The zero-order valence-corrected chi connectivity index (χ0v) is 17.5. The summed E-state index contributed by atoms with van der Waals surface area (Å²) in [4.78, 5) is 12.7. The lowest BCUT2D eigenvalue weighted by Gasteiger charge is -2.21. The van der Waals surface area contributed by atoms with Crippen molar-refractivity contribution in [1.29, 1.82) is 0 Å². The van der Waals surface area contributed by atoms with E-state index < -0.39 is 5.97 Å². The summed E-state index contributed by atoms with van der Waals surface area (Å²) >= 11 is 0. The molecule has 0 radical (unpaired) electrons. The lowest BCUT2D eigenvalue weighted by molar-refractivity contribution is 0.0344. The minimum absolute atomic E-state index is 0.0218. The third-order valence-corrected chi connectivity index (χ3v) is 3.49. The Bertz CT molecular complexity index is 650. The van der Waals surface area contributed by atoms with Crippen LogP contribution in [0.2, 0.25) is 0 Å². The number of allylic oxidation sites excluding steroid dienone is 2. The third kappa shape index (κ3) is 7.03. The zero-order chi connectivity index (χ0) is 20.9. The van der Waals surface area contributed by atoms with Crippen LogP contribution in [0.4, 0.5) is 0 Å². The highest BCUT2D eigenvalue weighted by atomic mass is 16.7. The summed E-state index contributed by atoms with van der Waals surface area (Å²) in [5.74, 6) is 0.386. The number of rotatable bonds is 13. The van der Waals surface area contributed by atoms with Crippen LogP contribution in [0.25, 0.3) is 0 Å². The van der Waals surface area contributed by atoms with E-state index >= 15 is 0 Å². The van der Waals surface area contributed by atoms with Gasteiger partial charge in [-0.3, -0.25) is 0 Å². The van der Waals surface area contributed by atoms with Gasteiger partial charge in [0.05, 0.1) is 6.61 Å². The molecule has 0 spiro atoms. The molecule has 8 heteroatoms. The van der Waals surface area contributed by atoms with Gasteiger partial charge in [-0.1, -0.05) is 11.6 Å². The maximum absolute atomic E-state index is 12.7. The second-order valence-corrected chi connectivity index (χ2v) is 5.91. The maximum Gasteiger partial charge on any atom is 0.345 e. The lowest BCUT2D eigenvalue weighted by atomic mass is 10.0. The first-order chi connectivity index (χ1) is 13.5. The number of carbonyl (C=O) groups excluding carboxylic acids is 1. The van der Waals surface area contributed by atoms with Crippen LogP contribution in [0.15, 0.2) is 17.7 Å². The molecule has 0 N–H and O–H groups in total. The predicted octanol–water partition coefficient (Wildman–Crippen LogP) is 3.32. The first kappa shape index (κ1) is 23.7. The molecule has 0 fully saturated rings. The van der Waals surface area contributed by atoms with E-state index in [1.54, 1.807) is 13.0 Å². The standard InChI is InChI=1S/C20H30O8/c1-7-25-20(21)18-17(27-12-23-5)10-16(26-11-22-4)15(9-8-14(2)3)19(18)28-13-24-6/h8,10H,7,9,11-13H2,1-6H3. The number of carbonyl (C=O) groups is 1. The molecule has 0 saturated heterocycles. The Labute approximate surface area is 166 Å². The molecule has 0 amide bonds. The van der Waals surface area contributed by atoms with E-state index in [1.807, 2.05) is 19.9 Å². The fraction of sp³-hybridized carbons (Fsp3) is 0.550. The summed E-state index contributed by atoms with van der Waals surface area (Å²) in [6, 6.07) is 1.61. The highest BCUT2D eigenvalue weighted by Crippen LogP contribution is 2.41. The van der Waals surface area contributed by atoms with Gasteiger partial charge >= 0.3 is 5.97 Å². The van der Waals surface area contributed by atoms with Gasteiger partial charge in [-0.15, -0.1) is 0 Å². The average molecular weight is 398 g/mol. The van der Waals surface area contributed by atoms with Gasteiger partial charge < -0.3 is 33.2 Å². The van der Waals surface area contributed by atoms with Crippen LogP contribution in [0.5, 0.6) is 17.2 Å². The van der Waals surface area contributed by atoms with E-state index in [2.05, 4.69) is 0 Å². The SMILES string of the molecule is CCOC(=O)c1c(OCOC)cc(OCOC)c(CC=C(C)C)c1OCOC. The monoisotopic (exact) mass is 398 g/mol. The molecule has 1 aromatic rings. The molecule has 28 heavy (non-hydrogen) atoms. The molecule has 0 heterocycles. The van der Waals surface area contributed by atoms with Gasteiger partial charge in [-0.05, 0) is 27.2 Å². The second-order valence-electron chi connectivity index (χ2n) is 5.91. The van der Waals surface area contributed by atoms with Crippen LogP contribution in [0, 0.1) is 0 Å². The second kappa shape index (κ2) is 13.0. The minimum Gasteiger partial charge on any atom is -0.467 e. The van der Waals surface area contributed by atoms with Crippen molar-refractivity contribution in [2.75, 3.05) is 48.3 Å². The van der Waals surface area contributed by atoms with Gasteiger partial charge in [0.25, 0.3) is 0 Å². The summed E-state index contributed by atoms with van der Waals surface area (Å²) in [5.41, 5.74) is 1.91. The van der Waals surface area contributed by atoms with Gasteiger partial charge in [-0.25, -0.2) is 4.79 Å². The third-order valence-electron chi connectivity index (χ3n) is 3.49. The van der Waals surface area contributed by atoms with Crippen molar-refractivity contribution in [1.82, 2.24) is 0 Å². The molecule has 1 rings (SSSR count). The topological polar surface area (TPSA) is 81.7 Å². The number of hydrogen-bond donors (Lipinski definition) is 0. The van der Waals surface area contributed by atoms with E-state index in [1.165, 1.54) is 21.3 Å². The fourth-order valence-electron chi connectivity index (χ4n) is 2.31. The number of ether oxygens (including phenoxy) is 7. The van der Waals surface area contributed by atoms with Crippen molar-refractivity contribution in [2.45, 2.75) is 27.2 Å². The maximum atomic E-state index is 12.7. The first-order valence-corrected chi connectivity index (χ1v) is 8.85. The van der Waals surface area contributed by atoms with Gasteiger partial charge in [0.2, 0.25) is 0 Å². The molecule has 1 aromatic carbocycles. The predicted molar refractivity (Wildman–Crippen MR) is 103 cm³/mol. The summed E-state index contributed by atoms with van der Waals surface area (Å²) in [6.07, 6.45) is 2.47. The number of hydrogen-bond acceptors (Lipinski definition) is 8. The van der Waals surface area contributed by atoms with Gasteiger partial charge in [0.1, 0.15) is 22.8 Å². The Morgan fingerprint density at radius 1 is 0.929 bits per heavy atom. The van der Waals surface area contributed by atoms with Crippen molar-refractivity contribution in [3.8, 4) is 17.2 Å². The largest absolute Gasteiger partial charge is 0.467 e. The summed E-state index contributed by atoms with van der Waals surface area (Å²) in [7, 11) is 4.50. The summed E-state index contributed by atoms with van der Waals surface area (Å²) < 4.78 is 37.3. The van der Waals surface area contributed by atoms with Crippen LogP contribution in [-0.2, 0) is 25.4 Å². The number of esters is 1. The normalized spacial score (nSPS) is 10.4. The Hall–Kier alpha value is -2.29. The molecular formula is C20H30O8. The van der Waals surface area contributed by atoms with Crippen LogP contribution < -0.4 is 14.2 Å². The van der Waals surface area contributed by atoms with E-state index in [4.69, 9.17) is 33.2 Å². The molecule has 0 unspecified atom stereocenters. The van der Waals surface area contributed by atoms with Crippen molar-refractivity contribution in [2.24, 2.45) is 0 Å². The molecular weight excluding hydrogens is 368 g/mol. The van der Waals surface area contributed by atoms with Gasteiger partial charge in [0, 0.05) is 33.0 Å². The highest BCUT2D eigenvalue weighted by molar-refractivity contribution is 5.97. The highest BCUT2D eigenvalue weighted by Gasteiger charge is 2.27. The molecule has 0 bridgehead atoms. The van der Waals surface area contributed by atoms with Gasteiger partial charge in [-0.2, -0.15) is 0 Å². The van der Waals surface area contributed by atoms with Crippen molar-refractivity contribution < 1.29 is 38.0 Å². The summed E-state index contributed by atoms with van der Waals surface area (Å²) in [5, 5.41) is 0. The van der Waals surface area contributed by atoms with E-state index in [0.29, 0.717) is 17.7 Å². The lowest BCUT2D eigenvalue weighted by Crippen LogP contribution is -2.15. The molecule has 0 saturated carbocycles. The Morgan fingerprint density at radius 3 is 2.04 bits per heavy atom. The molecule has 0 aromatic heterocycles. The molecule has 0 aliphatic heterocycles. The fourth-order valence-corrected chi connectivity index (χ4v) is 2.31. The smallest absolute Gasteiger partial charge is 0.345 e. The number of benzene rings is 1. The van der Waals surface area contributed by atoms with E-state index in [-0.39, 0.29) is 44.0 Å². The number of methoxy groups -OCH3 is 3. The van der Waals surface area contributed by atoms with Crippen LogP contribution in [0.3, 0.4) is 0 Å². The molecule has 158 valence electrons. The first-order valence-electron chi connectivity index (χ1n) is 8.85. The van der Waals surface area contributed by atoms with Crippen molar-refractivity contribution in [3.63, 3.8) is 0 Å². The molecule has 0 aliphatic carbocycles. The van der Waals surface area contributed by atoms with Crippen LogP contribution in [0.1, 0.15) is 36.7 Å². The van der Waals surface area contributed by atoms with E-state index in [9.17, 15) is 4.79 Å². The van der Waals surface area contributed by atoms with Crippen molar-refractivity contribution >= 4 is 5.97 Å².